The van der Waals surface area contributed by atoms with Gasteiger partial charge in [0.15, 0.2) is 5.82 Å². The summed E-state index contributed by atoms with van der Waals surface area (Å²) in [6.07, 6.45) is -5.91. The van der Waals surface area contributed by atoms with Crippen molar-refractivity contribution in [2.75, 3.05) is 0 Å². The number of imidazole rings is 1. The average molecular weight is 490 g/mol. The minimum Gasteiger partial charge on any atom is -0.347 e. The Morgan fingerprint density at radius 1 is 1.11 bits per heavy atom. The number of alkyl halides is 5. The molecule has 1 aliphatic heterocycles. The highest BCUT2D eigenvalue weighted by Gasteiger charge is 2.42. The zero-order chi connectivity index (χ0) is 24.7. The number of nitrogens with one attached hydrogen (secondary N) is 1. The van der Waals surface area contributed by atoms with Crippen LogP contribution < -0.4 is 5.32 Å². The monoisotopic (exact) mass is 490 g/mol. The Labute approximate surface area is 195 Å². The molecule has 1 aromatic carbocycles. The van der Waals surface area contributed by atoms with Crippen LogP contribution in [0.25, 0.3) is 17.0 Å². The van der Waals surface area contributed by atoms with Crippen LogP contribution in [0.2, 0.25) is 0 Å². The lowest BCUT2D eigenvalue weighted by Gasteiger charge is -2.24. The molecule has 0 aliphatic carbocycles. The van der Waals surface area contributed by atoms with Crippen molar-refractivity contribution >= 4 is 11.6 Å². The zero-order valence-corrected chi connectivity index (χ0v) is 18.1. The Kier molecular flexibility index (Phi) is 5.73. The van der Waals surface area contributed by atoms with Crippen molar-refractivity contribution in [3.8, 4) is 11.4 Å². The lowest BCUT2D eigenvalue weighted by atomic mass is 9.98. The van der Waals surface area contributed by atoms with Gasteiger partial charge in [-0.1, -0.05) is 30.3 Å². The molecule has 1 amide bonds. The normalized spacial score (nSPS) is 16.0. The Hall–Kier alpha value is -3.83. The summed E-state index contributed by atoms with van der Waals surface area (Å²) in [5, 5.41) is 6.95. The van der Waals surface area contributed by atoms with Crippen molar-refractivity contribution in [1.29, 1.82) is 0 Å². The summed E-state index contributed by atoms with van der Waals surface area (Å²) in [6.45, 7) is 0.225. The molecule has 3 aromatic heterocycles. The molecule has 0 saturated heterocycles. The smallest absolute Gasteiger partial charge is 0.347 e. The number of carbonyl (C=O) groups is 1. The number of halogens is 5. The first-order valence-electron chi connectivity index (χ1n) is 10.8. The van der Waals surface area contributed by atoms with Crippen molar-refractivity contribution in [2.45, 2.75) is 38.5 Å². The van der Waals surface area contributed by atoms with Crippen LogP contribution in [0.15, 0.2) is 48.7 Å². The maximum atomic E-state index is 13.4. The van der Waals surface area contributed by atoms with Gasteiger partial charge < -0.3 is 5.32 Å². The number of hydrogen-bond acceptors (Lipinski definition) is 4. The van der Waals surface area contributed by atoms with Gasteiger partial charge in [-0.3, -0.25) is 9.20 Å². The molecular formula is C23H19F5N6O. The fourth-order valence-electron chi connectivity index (χ4n) is 4.14. The Morgan fingerprint density at radius 2 is 1.89 bits per heavy atom. The number of carbonyl (C=O) groups excluding carboxylic acids is 1. The molecule has 0 radical (unpaired) electrons. The quantitative estimate of drug-likeness (QED) is 0.416. The summed E-state index contributed by atoms with van der Waals surface area (Å²) in [5.41, 5.74) is 0.737. The van der Waals surface area contributed by atoms with Gasteiger partial charge in [-0.05, 0) is 24.1 Å². The van der Waals surface area contributed by atoms with Crippen molar-refractivity contribution in [3.05, 3.63) is 71.4 Å². The topological polar surface area (TPSA) is 77.1 Å². The molecule has 1 unspecified atom stereocenters. The molecule has 0 spiro atoms. The molecule has 1 aliphatic rings. The second-order valence-corrected chi connectivity index (χ2v) is 8.26. The largest absolute Gasteiger partial charge is 0.392 e. The highest BCUT2D eigenvalue weighted by atomic mass is 19.4. The fraction of sp³-hybridized carbons (Fsp3) is 0.304. The van der Waals surface area contributed by atoms with Crippen molar-refractivity contribution in [1.82, 2.24) is 29.5 Å². The summed E-state index contributed by atoms with van der Waals surface area (Å²) in [4.78, 5) is 20.8. The number of fused-ring (bicyclic) bond motifs is 2. The fourth-order valence-corrected chi connectivity index (χ4v) is 4.14. The molecule has 5 rings (SSSR count). The summed E-state index contributed by atoms with van der Waals surface area (Å²) < 4.78 is 68.8. The average Bonchev–Trinajstić information content (AvgIpc) is 3.44. The number of aromatic nitrogens is 5. The third-order valence-corrected chi connectivity index (χ3v) is 5.97. The summed E-state index contributed by atoms with van der Waals surface area (Å²) in [5.74, 6) is -1.49. The van der Waals surface area contributed by atoms with E-state index < -0.39 is 30.1 Å². The van der Waals surface area contributed by atoms with Gasteiger partial charge in [0.1, 0.15) is 22.9 Å². The number of aryl methyl sites for hydroxylation is 1. The van der Waals surface area contributed by atoms with Crippen molar-refractivity contribution in [3.63, 3.8) is 0 Å². The van der Waals surface area contributed by atoms with Crippen LogP contribution in [-0.4, -0.2) is 36.2 Å². The van der Waals surface area contributed by atoms with Crippen LogP contribution in [0, 0.1) is 5.92 Å². The standard InChI is InChI=1S/C23H19F5N6O/c24-20(25)18-19(33-9-2-1-3-16(33)30-18)22(35)29-12-13-4-6-14(7-5-13)21-31-17-11-15(23(26,27)28)8-10-34(17)32-21/h1-7,9,15,20H,8,10-12H2,(H,29,35). The predicted molar refractivity (Wildman–Crippen MR) is 115 cm³/mol. The third kappa shape index (κ3) is 4.47. The molecule has 0 bridgehead atoms. The van der Waals surface area contributed by atoms with Gasteiger partial charge >= 0.3 is 6.18 Å². The first-order valence-corrected chi connectivity index (χ1v) is 10.8. The van der Waals surface area contributed by atoms with Crippen molar-refractivity contribution < 1.29 is 26.7 Å². The molecule has 35 heavy (non-hydrogen) atoms. The SMILES string of the molecule is O=C(NCc1ccc(-c2nc3n(n2)CCC(C(F)(F)F)C3)cc1)c1c(C(F)F)nc2ccccn12. The van der Waals surface area contributed by atoms with E-state index in [1.807, 2.05) is 0 Å². The predicted octanol–water partition coefficient (Wildman–Crippen LogP) is 4.59. The third-order valence-electron chi connectivity index (χ3n) is 5.97. The second-order valence-electron chi connectivity index (χ2n) is 8.26. The van der Waals surface area contributed by atoms with Gasteiger partial charge in [0.05, 0.1) is 5.92 Å². The lowest BCUT2D eigenvalue weighted by Crippen LogP contribution is -2.31. The number of nitrogens with zero attached hydrogens (tertiary/aromatic N) is 5. The number of amides is 1. The van der Waals surface area contributed by atoms with Crippen LogP contribution >= 0.6 is 0 Å². The molecular weight excluding hydrogens is 471 g/mol. The number of hydrogen-bond donors (Lipinski definition) is 1. The summed E-state index contributed by atoms with van der Waals surface area (Å²) in [7, 11) is 0. The van der Waals surface area contributed by atoms with E-state index in [0.29, 0.717) is 22.8 Å². The van der Waals surface area contributed by atoms with Gasteiger partial charge in [0.2, 0.25) is 0 Å². The van der Waals surface area contributed by atoms with Crippen LogP contribution in [0.3, 0.4) is 0 Å². The molecule has 7 nitrogen and oxygen atoms in total. The maximum absolute atomic E-state index is 13.4. The van der Waals surface area contributed by atoms with E-state index in [-0.39, 0.29) is 37.3 Å². The minimum absolute atomic E-state index is 0.0301. The molecule has 0 saturated carbocycles. The highest BCUT2D eigenvalue weighted by molar-refractivity contribution is 5.94. The van der Waals surface area contributed by atoms with E-state index in [1.54, 1.807) is 36.4 Å². The molecule has 4 aromatic rings. The highest BCUT2D eigenvalue weighted by Crippen LogP contribution is 2.35. The summed E-state index contributed by atoms with van der Waals surface area (Å²) in [6, 6.07) is 11.6. The van der Waals surface area contributed by atoms with Crippen LogP contribution in [-0.2, 0) is 19.5 Å². The second kappa shape index (κ2) is 8.75. The lowest BCUT2D eigenvalue weighted by molar-refractivity contribution is -0.179. The van der Waals surface area contributed by atoms with Crippen LogP contribution in [0.4, 0.5) is 22.0 Å². The van der Waals surface area contributed by atoms with Gasteiger partial charge in [-0.15, -0.1) is 0 Å². The van der Waals surface area contributed by atoms with Gasteiger partial charge in [-0.25, -0.2) is 23.4 Å². The van der Waals surface area contributed by atoms with Gasteiger partial charge in [-0.2, -0.15) is 18.3 Å². The van der Waals surface area contributed by atoms with Crippen LogP contribution in [0.1, 0.15) is 40.4 Å². The van der Waals surface area contributed by atoms with Gasteiger partial charge in [0, 0.05) is 31.3 Å². The molecule has 1 atom stereocenters. The van der Waals surface area contributed by atoms with E-state index in [2.05, 4.69) is 20.4 Å². The van der Waals surface area contributed by atoms with E-state index in [4.69, 9.17) is 0 Å². The molecule has 0 fully saturated rings. The van der Waals surface area contributed by atoms with E-state index in [0.717, 1.165) is 0 Å². The number of rotatable bonds is 5. The van der Waals surface area contributed by atoms with E-state index in [9.17, 15) is 26.7 Å². The van der Waals surface area contributed by atoms with Gasteiger partial charge in [0.25, 0.3) is 12.3 Å². The van der Waals surface area contributed by atoms with Crippen LogP contribution in [0.5, 0.6) is 0 Å². The Balaban J connectivity index is 1.28. The molecule has 1 N–H and O–H groups in total. The Morgan fingerprint density at radius 3 is 2.60 bits per heavy atom. The minimum atomic E-state index is -4.26. The first kappa shape index (κ1) is 22.9. The first-order chi connectivity index (χ1) is 16.7. The van der Waals surface area contributed by atoms with E-state index >= 15 is 0 Å². The van der Waals surface area contributed by atoms with E-state index in [1.165, 1.54) is 21.3 Å². The Bertz CT molecular complexity index is 1380. The zero-order valence-electron chi connectivity index (χ0n) is 18.1. The van der Waals surface area contributed by atoms with Crippen molar-refractivity contribution in [2.24, 2.45) is 5.92 Å². The molecule has 182 valence electrons. The molecule has 12 heteroatoms. The summed E-state index contributed by atoms with van der Waals surface area (Å²) >= 11 is 0. The molecule has 4 heterocycles. The number of benzene rings is 1. The maximum Gasteiger partial charge on any atom is 0.392 e. The number of pyridine rings is 1.